The standard InChI is InChI=1S/C5H11N.C4H11NO2/c6-5-3-1-2-4-5;6-3-1-5-2-4-7/h5H,1-4,6H2;5-7H,1-4H2. The Hall–Kier alpha value is -0.160. The van der Waals surface area contributed by atoms with Crippen molar-refractivity contribution >= 4 is 0 Å². The Morgan fingerprint density at radius 3 is 1.77 bits per heavy atom. The van der Waals surface area contributed by atoms with Crippen LogP contribution >= 0.6 is 0 Å². The molecule has 0 saturated heterocycles. The number of rotatable bonds is 4. The SMILES string of the molecule is NC1CCCC1.OCCNCCO. The summed E-state index contributed by atoms with van der Waals surface area (Å²) in [5, 5.41) is 19.1. The first kappa shape index (κ1) is 12.8. The topological polar surface area (TPSA) is 78.5 Å². The van der Waals surface area contributed by atoms with Crippen molar-refractivity contribution in [2.24, 2.45) is 5.73 Å². The van der Waals surface area contributed by atoms with Crippen LogP contribution in [-0.4, -0.2) is 42.6 Å². The van der Waals surface area contributed by atoms with Crippen LogP contribution in [0.2, 0.25) is 0 Å². The fourth-order valence-corrected chi connectivity index (χ4v) is 1.24. The van der Waals surface area contributed by atoms with E-state index in [0.717, 1.165) is 0 Å². The van der Waals surface area contributed by atoms with Crippen LogP contribution in [0.5, 0.6) is 0 Å². The first-order chi connectivity index (χ1) is 6.31. The molecule has 1 rings (SSSR count). The Labute approximate surface area is 80.1 Å². The second-order valence-corrected chi connectivity index (χ2v) is 3.24. The highest BCUT2D eigenvalue weighted by Gasteiger charge is 2.07. The van der Waals surface area contributed by atoms with E-state index in [1.165, 1.54) is 25.7 Å². The molecule has 0 bridgehead atoms. The zero-order valence-corrected chi connectivity index (χ0v) is 8.21. The van der Waals surface area contributed by atoms with E-state index in [9.17, 15) is 0 Å². The van der Waals surface area contributed by atoms with E-state index >= 15 is 0 Å². The molecule has 0 amide bonds. The van der Waals surface area contributed by atoms with Gasteiger partial charge in [-0.2, -0.15) is 0 Å². The number of aliphatic hydroxyl groups excluding tert-OH is 2. The van der Waals surface area contributed by atoms with Crippen LogP contribution in [0.15, 0.2) is 0 Å². The summed E-state index contributed by atoms with van der Waals surface area (Å²) in [6.07, 6.45) is 5.25. The van der Waals surface area contributed by atoms with Crippen molar-refractivity contribution in [1.29, 1.82) is 0 Å². The molecule has 1 aliphatic rings. The summed E-state index contributed by atoms with van der Waals surface area (Å²) in [6.45, 7) is 1.42. The summed E-state index contributed by atoms with van der Waals surface area (Å²) in [7, 11) is 0. The second-order valence-electron chi connectivity index (χ2n) is 3.24. The molecule has 0 aromatic rings. The van der Waals surface area contributed by atoms with E-state index in [4.69, 9.17) is 15.9 Å². The maximum absolute atomic E-state index is 8.15. The molecule has 1 fully saturated rings. The lowest BCUT2D eigenvalue weighted by molar-refractivity contribution is 0.267. The third-order valence-corrected chi connectivity index (χ3v) is 1.98. The minimum atomic E-state index is 0.139. The van der Waals surface area contributed by atoms with Crippen LogP contribution in [0.1, 0.15) is 25.7 Å². The lowest BCUT2D eigenvalue weighted by Gasteiger charge is -1.94. The maximum Gasteiger partial charge on any atom is 0.0555 e. The lowest BCUT2D eigenvalue weighted by atomic mass is 10.3. The maximum atomic E-state index is 8.15. The predicted octanol–water partition coefficient (Wildman–Crippen LogP) is -0.552. The third-order valence-electron chi connectivity index (χ3n) is 1.98. The van der Waals surface area contributed by atoms with E-state index < -0.39 is 0 Å². The van der Waals surface area contributed by atoms with Crippen molar-refractivity contribution < 1.29 is 10.2 Å². The fraction of sp³-hybridized carbons (Fsp3) is 1.00. The second kappa shape index (κ2) is 9.92. The average molecular weight is 190 g/mol. The number of nitrogens with two attached hydrogens (primary N) is 1. The Balaban J connectivity index is 0.000000223. The van der Waals surface area contributed by atoms with Crippen LogP contribution in [0.25, 0.3) is 0 Å². The van der Waals surface area contributed by atoms with Crippen molar-refractivity contribution in [3.8, 4) is 0 Å². The van der Waals surface area contributed by atoms with E-state index in [-0.39, 0.29) is 13.2 Å². The molecule has 4 heteroatoms. The Bertz CT molecular complexity index is 91.6. The molecule has 0 atom stereocenters. The van der Waals surface area contributed by atoms with Gasteiger partial charge in [-0.05, 0) is 12.8 Å². The normalized spacial score (nSPS) is 16.8. The molecule has 0 heterocycles. The smallest absolute Gasteiger partial charge is 0.0555 e. The van der Waals surface area contributed by atoms with Gasteiger partial charge in [0.2, 0.25) is 0 Å². The van der Waals surface area contributed by atoms with Gasteiger partial charge in [0.1, 0.15) is 0 Å². The van der Waals surface area contributed by atoms with Crippen LogP contribution in [0, 0.1) is 0 Å². The highest BCUT2D eigenvalue weighted by molar-refractivity contribution is 4.67. The van der Waals surface area contributed by atoms with Gasteiger partial charge >= 0.3 is 0 Å². The van der Waals surface area contributed by atoms with Gasteiger partial charge in [-0.15, -0.1) is 0 Å². The molecule has 1 saturated carbocycles. The molecule has 5 N–H and O–H groups in total. The Kier molecular flexibility index (Phi) is 9.80. The largest absolute Gasteiger partial charge is 0.395 e. The van der Waals surface area contributed by atoms with Crippen LogP contribution in [0.3, 0.4) is 0 Å². The number of hydrogen-bond acceptors (Lipinski definition) is 4. The molecule has 0 unspecified atom stereocenters. The molecule has 0 aromatic carbocycles. The molecule has 4 nitrogen and oxygen atoms in total. The predicted molar refractivity (Wildman–Crippen MR) is 53.5 cm³/mol. The first-order valence-corrected chi connectivity index (χ1v) is 4.99. The van der Waals surface area contributed by atoms with Crippen LogP contribution in [0.4, 0.5) is 0 Å². The van der Waals surface area contributed by atoms with Crippen LogP contribution < -0.4 is 11.1 Å². The van der Waals surface area contributed by atoms with Gasteiger partial charge in [0, 0.05) is 19.1 Å². The van der Waals surface area contributed by atoms with Gasteiger partial charge in [0.05, 0.1) is 13.2 Å². The summed E-state index contributed by atoms with van der Waals surface area (Å²) in [6, 6.07) is 0.546. The number of hydrogen-bond donors (Lipinski definition) is 4. The summed E-state index contributed by atoms with van der Waals surface area (Å²) in [4.78, 5) is 0. The highest BCUT2D eigenvalue weighted by atomic mass is 16.3. The summed E-state index contributed by atoms with van der Waals surface area (Å²) in [5.74, 6) is 0. The van der Waals surface area contributed by atoms with Crippen molar-refractivity contribution in [2.75, 3.05) is 26.3 Å². The molecular formula is C9H22N2O2. The first-order valence-electron chi connectivity index (χ1n) is 4.99. The van der Waals surface area contributed by atoms with E-state index in [1.54, 1.807) is 0 Å². The molecule has 13 heavy (non-hydrogen) atoms. The highest BCUT2D eigenvalue weighted by Crippen LogP contribution is 2.14. The minimum absolute atomic E-state index is 0.139. The molecule has 80 valence electrons. The van der Waals surface area contributed by atoms with Crippen molar-refractivity contribution in [3.05, 3.63) is 0 Å². The molecule has 0 aliphatic heterocycles. The molecule has 0 radical (unpaired) electrons. The van der Waals surface area contributed by atoms with Gasteiger partial charge in [-0.25, -0.2) is 0 Å². The van der Waals surface area contributed by atoms with Crippen LogP contribution in [-0.2, 0) is 0 Å². The number of aliphatic hydroxyl groups is 2. The van der Waals surface area contributed by atoms with E-state index in [1.807, 2.05) is 0 Å². The van der Waals surface area contributed by atoms with Gasteiger partial charge < -0.3 is 21.3 Å². The summed E-state index contributed by atoms with van der Waals surface area (Å²) >= 11 is 0. The van der Waals surface area contributed by atoms with Gasteiger partial charge in [0.25, 0.3) is 0 Å². The molecular weight excluding hydrogens is 168 g/mol. The quantitative estimate of drug-likeness (QED) is 0.448. The Morgan fingerprint density at radius 1 is 1.08 bits per heavy atom. The Morgan fingerprint density at radius 2 is 1.54 bits per heavy atom. The monoisotopic (exact) mass is 190 g/mol. The van der Waals surface area contributed by atoms with Gasteiger partial charge in [-0.3, -0.25) is 0 Å². The molecule has 0 spiro atoms. The average Bonchev–Trinajstić information content (AvgIpc) is 2.58. The zero-order valence-electron chi connectivity index (χ0n) is 8.21. The van der Waals surface area contributed by atoms with Crippen molar-refractivity contribution in [1.82, 2.24) is 5.32 Å². The number of nitrogens with one attached hydrogen (secondary N) is 1. The third kappa shape index (κ3) is 9.76. The summed E-state index contributed by atoms with van der Waals surface area (Å²) in [5.41, 5.74) is 5.53. The van der Waals surface area contributed by atoms with Crippen molar-refractivity contribution in [2.45, 2.75) is 31.7 Å². The van der Waals surface area contributed by atoms with Gasteiger partial charge in [-0.1, -0.05) is 12.8 Å². The van der Waals surface area contributed by atoms with E-state index in [2.05, 4.69) is 5.32 Å². The van der Waals surface area contributed by atoms with Crippen molar-refractivity contribution in [3.63, 3.8) is 0 Å². The summed E-state index contributed by atoms with van der Waals surface area (Å²) < 4.78 is 0. The molecule has 1 aliphatic carbocycles. The van der Waals surface area contributed by atoms with E-state index in [0.29, 0.717) is 19.1 Å². The minimum Gasteiger partial charge on any atom is -0.395 e. The fourth-order valence-electron chi connectivity index (χ4n) is 1.24. The lowest BCUT2D eigenvalue weighted by Crippen LogP contribution is -2.21. The molecule has 0 aromatic heterocycles. The zero-order chi connectivity index (χ0) is 9.94. The van der Waals surface area contributed by atoms with Gasteiger partial charge in [0.15, 0.2) is 0 Å².